The van der Waals surface area contributed by atoms with E-state index in [9.17, 15) is 4.39 Å². The van der Waals surface area contributed by atoms with Crippen LogP contribution in [0.3, 0.4) is 0 Å². The van der Waals surface area contributed by atoms with E-state index in [1.807, 2.05) is 18.3 Å². The summed E-state index contributed by atoms with van der Waals surface area (Å²) in [5.41, 5.74) is 0.974. The molecule has 1 aliphatic carbocycles. The van der Waals surface area contributed by atoms with Gasteiger partial charge in [-0.15, -0.1) is 0 Å². The topological polar surface area (TPSA) is 50.3 Å². The average molecular weight is 356 g/mol. The van der Waals surface area contributed by atoms with Gasteiger partial charge in [-0.2, -0.15) is 0 Å². The van der Waals surface area contributed by atoms with Crippen LogP contribution in [0.15, 0.2) is 30.5 Å². The van der Waals surface area contributed by atoms with Crippen LogP contribution in [0.5, 0.6) is 5.75 Å². The summed E-state index contributed by atoms with van der Waals surface area (Å²) in [6.45, 7) is 2.70. The molecule has 5 nitrogen and oxygen atoms in total. The number of hydrogen-bond donors (Lipinski definition) is 1. The standard InChI is InChI=1S/C20H25FN4O/c1-26-18-7-4-14(11-17(18)21)12-25-10-2-3-16(13-25)23-19-8-9-22-20(24-19)15-5-6-15/h4,7-9,11,15-16H,2-3,5-6,10,12-13H2,1H3,(H,22,23,24). The van der Waals surface area contributed by atoms with Crippen molar-refractivity contribution in [3.05, 3.63) is 47.7 Å². The first kappa shape index (κ1) is 17.2. The minimum Gasteiger partial charge on any atom is -0.494 e. The van der Waals surface area contributed by atoms with Crippen molar-refractivity contribution in [1.29, 1.82) is 0 Å². The molecule has 0 bridgehead atoms. The number of piperidine rings is 1. The second-order valence-electron chi connectivity index (χ2n) is 7.26. The Labute approximate surface area is 153 Å². The maximum atomic E-state index is 13.9. The molecule has 1 aliphatic heterocycles. The summed E-state index contributed by atoms with van der Waals surface area (Å²) in [7, 11) is 1.49. The van der Waals surface area contributed by atoms with Crippen LogP contribution in [0.4, 0.5) is 10.2 Å². The van der Waals surface area contributed by atoms with E-state index in [-0.39, 0.29) is 5.82 Å². The quantitative estimate of drug-likeness (QED) is 0.857. The Hall–Kier alpha value is -2.21. The molecule has 0 radical (unpaired) electrons. The summed E-state index contributed by atoms with van der Waals surface area (Å²) < 4.78 is 18.9. The first-order chi connectivity index (χ1) is 12.7. The van der Waals surface area contributed by atoms with Crippen LogP contribution in [0.1, 0.15) is 43.0 Å². The molecule has 1 aromatic carbocycles. The fourth-order valence-corrected chi connectivity index (χ4v) is 3.58. The molecule has 1 saturated heterocycles. The summed E-state index contributed by atoms with van der Waals surface area (Å²) in [6, 6.07) is 7.51. The number of benzene rings is 1. The number of hydrogen-bond acceptors (Lipinski definition) is 5. The lowest BCUT2D eigenvalue weighted by Crippen LogP contribution is -2.41. The molecule has 6 heteroatoms. The highest BCUT2D eigenvalue weighted by Crippen LogP contribution is 2.38. The summed E-state index contributed by atoms with van der Waals surface area (Å²) in [5.74, 6) is 2.44. The van der Waals surface area contributed by atoms with Crippen molar-refractivity contribution in [2.45, 2.75) is 44.2 Å². The van der Waals surface area contributed by atoms with E-state index in [4.69, 9.17) is 4.74 Å². The third-order valence-corrected chi connectivity index (χ3v) is 5.10. The molecule has 2 aromatic rings. The summed E-state index contributed by atoms with van der Waals surface area (Å²) in [4.78, 5) is 11.4. The molecule has 2 aliphatic rings. The molecule has 2 fully saturated rings. The minimum atomic E-state index is -0.301. The van der Waals surface area contributed by atoms with Gasteiger partial charge in [0.2, 0.25) is 0 Å². The van der Waals surface area contributed by atoms with Gasteiger partial charge >= 0.3 is 0 Å². The molecule has 0 amide bonds. The molecule has 138 valence electrons. The summed E-state index contributed by atoms with van der Waals surface area (Å²) in [5, 5.41) is 3.56. The molecular weight excluding hydrogens is 331 g/mol. The lowest BCUT2D eigenvalue weighted by molar-refractivity contribution is 0.208. The second kappa shape index (κ2) is 7.58. The van der Waals surface area contributed by atoms with Crippen LogP contribution in [0.25, 0.3) is 0 Å². The molecular formula is C20H25FN4O. The largest absolute Gasteiger partial charge is 0.494 e. The van der Waals surface area contributed by atoms with Crippen molar-refractivity contribution >= 4 is 5.82 Å². The van der Waals surface area contributed by atoms with E-state index in [1.165, 1.54) is 20.0 Å². The average Bonchev–Trinajstić information content (AvgIpc) is 3.48. The fourth-order valence-electron chi connectivity index (χ4n) is 3.58. The lowest BCUT2D eigenvalue weighted by atomic mass is 10.0. The van der Waals surface area contributed by atoms with E-state index in [0.29, 0.717) is 17.7 Å². The van der Waals surface area contributed by atoms with Gasteiger partial charge in [0, 0.05) is 31.2 Å². The number of nitrogens with one attached hydrogen (secondary N) is 1. The lowest BCUT2D eigenvalue weighted by Gasteiger charge is -2.33. The molecule has 1 aromatic heterocycles. The van der Waals surface area contributed by atoms with Gasteiger partial charge in [0.15, 0.2) is 11.6 Å². The Kier molecular flexibility index (Phi) is 5.02. The van der Waals surface area contributed by atoms with Crippen molar-refractivity contribution in [1.82, 2.24) is 14.9 Å². The maximum Gasteiger partial charge on any atom is 0.165 e. The number of anilines is 1. The van der Waals surface area contributed by atoms with Gasteiger partial charge in [0.05, 0.1) is 7.11 Å². The zero-order chi connectivity index (χ0) is 17.9. The van der Waals surface area contributed by atoms with E-state index >= 15 is 0 Å². The molecule has 1 N–H and O–H groups in total. The van der Waals surface area contributed by atoms with Crippen LogP contribution in [-0.4, -0.2) is 41.1 Å². The van der Waals surface area contributed by atoms with Crippen molar-refractivity contribution in [3.63, 3.8) is 0 Å². The van der Waals surface area contributed by atoms with Crippen molar-refractivity contribution in [3.8, 4) is 5.75 Å². The zero-order valence-electron chi connectivity index (χ0n) is 15.1. The maximum absolute atomic E-state index is 13.9. The van der Waals surface area contributed by atoms with E-state index in [0.717, 1.165) is 49.7 Å². The van der Waals surface area contributed by atoms with Crippen LogP contribution < -0.4 is 10.1 Å². The number of halogens is 1. The molecule has 2 heterocycles. The number of aromatic nitrogens is 2. The third-order valence-electron chi connectivity index (χ3n) is 5.10. The van der Waals surface area contributed by atoms with Crippen molar-refractivity contribution in [2.75, 3.05) is 25.5 Å². The summed E-state index contributed by atoms with van der Waals surface area (Å²) >= 11 is 0. The number of methoxy groups -OCH3 is 1. The molecule has 1 atom stereocenters. The first-order valence-electron chi connectivity index (χ1n) is 9.35. The third kappa shape index (κ3) is 4.12. The number of likely N-dealkylation sites (tertiary alicyclic amines) is 1. The highest BCUT2D eigenvalue weighted by Gasteiger charge is 2.27. The van der Waals surface area contributed by atoms with Crippen molar-refractivity contribution < 1.29 is 9.13 Å². The normalized spacial score (nSPS) is 20.8. The highest BCUT2D eigenvalue weighted by atomic mass is 19.1. The Balaban J connectivity index is 1.36. The van der Waals surface area contributed by atoms with Gasteiger partial charge in [-0.3, -0.25) is 4.90 Å². The molecule has 26 heavy (non-hydrogen) atoms. The van der Waals surface area contributed by atoms with Gasteiger partial charge in [0.25, 0.3) is 0 Å². The Morgan fingerprint density at radius 1 is 1.27 bits per heavy atom. The Morgan fingerprint density at radius 3 is 2.92 bits per heavy atom. The minimum absolute atomic E-state index is 0.294. The van der Waals surface area contributed by atoms with E-state index in [1.54, 1.807) is 12.1 Å². The molecule has 1 unspecified atom stereocenters. The van der Waals surface area contributed by atoms with Gasteiger partial charge in [0.1, 0.15) is 11.6 Å². The predicted molar refractivity (Wildman–Crippen MR) is 98.9 cm³/mol. The Bertz CT molecular complexity index is 765. The zero-order valence-corrected chi connectivity index (χ0v) is 15.1. The van der Waals surface area contributed by atoms with Crippen LogP contribution in [-0.2, 0) is 6.54 Å². The number of rotatable bonds is 6. The predicted octanol–water partition coefficient (Wildman–Crippen LogP) is 3.58. The van der Waals surface area contributed by atoms with Crippen LogP contribution in [0.2, 0.25) is 0 Å². The van der Waals surface area contributed by atoms with Crippen molar-refractivity contribution in [2.24, 2.45) is 0 Å². The molecule has 0 spiro atoms. The van der Waals surface area contributed by atoms with Gasteiger partial charge in [-0.05, 0) is 56.0 Å². The van der Waals surface area contributed by atoms with Gasteiger partial charge in [-0.25, -0.2) is 14.4 Å². The van der Waals surface area contributed by atoms with Crippen LogP contribution >= 0.6 is 0 Å². The van der Waals surface area contributed by atoms with E-state index < -0.39 is 0 Å². The Morgan fingerprint density at radius 2 is 2.15 bits per heavy atom. The summed E-state index contributed by atoms with van der Waals surface area (Å²) in [6.07, 6.45) is 6.51. The second-order valence-corrected chi connectivity index (χ2v) is 7.26. The van der Waals surface area contributed by atoms with Gasteiger partial charge in [-0.1, -0.05) is 6.07 Å². The van der Waals surface area contributed by atoms with Gasteiger partial charge < -0.3 is 10.1 Å². The van der Waals surface area contributed by atoms with Crippen LogP contribution in [0, 0.1) is 5.82 Å². The molecule has 4 rings (SSSR count). The highest BCUT2D eigenvalue weighted by molar-refractivity contribution is 5.35. The SMILES string of the molecule is COc1ccc(CN2CCCC(Nc3ccnc(C4CC4)n3)C2)cc1F. The number of nitrogens with zero attached hydrogens (tertiary/aromatic N) is 3. The monoisotopic (exact) mass is 356 g/mol. The smallest absolute Gasteiger partial charge is 0.165 e. The first-order valence-corrected chi connectivity index (χ1v) is 9.35. The number of ether oxygens (including phenoxy) is 1. The van der Waals surface area contributed by atoms with E-state index in [2.05, 4.69) is 20.2 Å². The fraction of sp³-hybridized carbons (Fsp3) is 0.500. The molecule has 1 saturated carbocycles.